The van der Waals surface area contributed by atoms with Crippen molar-refractivity contribution in [1.29, 1.82) is 0 Å². The Morgan fingerprint density at radius 2 is 1.65 bits per heavy atom. The predicted molar refractivity (Wildman–Crippen MR) is 61.7 cm³/mol. The molecule has 0 aromatic rings. The zero-order valence-corrected chi connectivity index (χ0v) is 11.3. The molecule has 17 heavy (non-hydrogen) atoms. The average molecular weight is 256 g/mol. The molecule has 0 N–H and O–H groups in total. The van der Waals surface area contributed by atoms with Gasteiger partial charge < -0.3 is 4.74 Å². The first-order valence-corrected chi connectivity index (χ1v) is 5.99. The van der Waals surface area contributed by atoms with Crippen molar-refractivity contribution in [2.75, 3.05) is 6.61 Å². The molecule has 0 aliphatic heterocycles. The number of hydrogen-bond acceptors (Lipinski definition) is 2. The molecule has 0 bridgehead atoms. The maximum absolute atomic E-state index is 11.6. The van der Waals surface area contributed by atoms with E-state index in [1.165, 1.54) is 6.92 Å². The minimum Gasteiger partial charge on any atom is -0.466 e. The molecule has 0 aromatic carbocycles. The van der Waals surface area contributed by atoms with Crippen LogP contribution in [-0.2, 0) is 9.53 Å². The molecule has 0 amide bonds. The van der Waals surface area contributed by atoms with E-state index in [9.17, 15) is 18.0 Å². The highest BCUT2D eigenvalue weighted by molar-refractivity contribution is 5.68. The van der Waals surface area contributed by atoms with Crippen molar-refractivity contribution in [2.24, 2.45) is 5.41 Å². The molecule has 0 radical (unpaired) electrons. The fourth-order valence-electron chi connectivity index (χ4n) is 0.734. The third kappa shape index (κ3) is 8.05. The standard InChI is InChI=1S/C5H7F3.C5H10O2.C2H6/c1-4(2-3-4)5(6,7)8;1-3-5(6)7-4-2;1-2/h2-3H2,1H3;3-4H2,1-2H3;1-2H3. The highest BCUT2D eigenvalue weighted by atomic mass is 19.4. The van der Waals surface area contributed by atoms with Gasteiger partial charge in [-0.3, -0.25) is 4.79 Å². The van der Waals surface area contributed by atoms with Crippen molar-refractivity contribution in [3.8, 4) is 0 Å². The highest BCUT2D eigenvalue weighted by Gasteiger charge is 2.59. The number of rotatable bonds is 2. The van der Waals surface area contributed by atoms with Gasteiger partial charge in [-0.05, 0) is 19.8 Å². The van der Waals surface area contributed by atoms with Crippen LogP contribution in [0.1, 0.15) is 53.9 Å². The number of carbonyl (C=O) groups is 1. The van der Waals surface area contributed by atoms with E-state index in [0.717, 1.165) is 0 Å². The zero-order chi connectivity index (χ0) is 14.1. The zero-order valence-electron chi connectivity index (χ0n) is 11.3. The average Bonchev–Trinajstić information content (AvgIpc) is 3.01. The van der Waals surface area contributed by atoms with Gasteiger partial charge in [0.25, 0.3) is 0 Å². The number of alkyl halides is 3. The van der Waals surface area contributed by atoms with Crippen molar-refractivity contribution >= 4 is 5.97 Å². The molecule has 0 saturated heterocycles. The Balaban J connectivity index is 0. The van der Waals surface area contributed by atoms with Gasteiger partial charge in [0.15, 0.2) is 0 Å². The van der Waals surface area contributed by atoms with Gasteiger partial charge in [-0.1, -0.05) is 27.7 Å². The topological polar surface area (TPSA) is 26.3 Å². The van der Waals surface area contributed by atoms with E-state index >= 15 is 0 Å². The summed E-state index contributed by atoms with van der Waals surface area (Å²) in [5.41, 5.74) is -1.31. The van der Waals surface area contributed by atoms with Crippen molar-refractivity contribution in [2.45, 2.75) is 60.1 Å². The van der Waals surface area contributed by atoms with Crippen LogP contribution in [-0.4, -0.2) is 18.8 Å². The van der Waals surface area contributed by atoms with Crippen LogP contribution in [0, 0.1) is 5.41 Å². The second-order valence-electron chi connectivity index (χ2n) is 3.72. The molecule has 0 heterocycles. The van der Waals surface area contributed by atoms with Gasteiger partial charge in [-0.25, -0.2) is 0 Å². The maximum atomic E-state index is 11.6. The van der Waals surface area contributed by atoms with Gasteiger partial charge in [-0.15, -0.1) is 0 Å². The number of carbonyl (C=O) groups excluding carboxylic acids is 1. The van der Waals surface area contributed by atoms with Crippen LogP contribution in [0.4, 0.5) is 13.2 Å². The van der Waals surface area contributed by atoms with Gasteiger partial charge in [0.1, 0.15) is 0 Å². The summed E-state index contributed by atoms with van der Waals surface area (Å²) in [6.07, 6.45) is -2.84. The summed E-state index contributed by atoms with van der Waals surface area (Å²) in [4.78, 5) is 10.2. The lowest BCUT2D eigenvalue weighted by Gasteiger charge is -2.11. The summed E-state index contributed by atoms with van der Waals surface area (Å²) < 4.78 is 39.4. The van der Waals surface area contributed by atoms with Crippen LogP contribution in [0.25, 0.3) is 0 Å². The Labute approximate surface area is 102 Å². The predicted octanol–water partition coefficient (Wildman–Crippen LogP) is 4.33. The lowest BCUT2D eigenvalue weighted by Crippen LogP contribution is -2.20. The third-order valence-corrected chi connectivity index (χ3v) is 2.28. The quantitative estimate of drug-likeness (QED) is 0.687. The van der Waals surface area contributed by atoms with Crippen LogP contribution < -0.4 is 0 Å². The van der Waals surface area contributed by atoms with E-state index in [1.807, 2.05) is 13.8 Å². The molecule has 104 valence electrons. The van der Waals surface area contributed by atoms with E-state index in [-0.39, 0.29) is 5.97 Å². The van der Waals surface area contributed by atoms with Gasteiger partial charge in [0, 0.05) is 6.42 Å². The summed E-state index contributed by atoms with van der Waals surface area (Å²) in [6, 6.07) is 0. The summed E-state index contributed by atoms with van der Waals surface area (Å²) >= 11 is 0. The number of hydrogen-bond donors (Lipinski definition) is 0. The second kappa shape index (κ2) is 8.37. The molecular formula is C12H23F3O2. The number of halogens is 3. The van der Waals surface area contributed by atoms with Crippen LogP contribution in [0.3, 0.4) is 0 Å². The highest BCUT2D eigenvalue weighted by Crippen LogP contribution is 2.56. The molecule has 5 heteroatoms. The van der Waals surface area contributed by atoms with E-state index in [1.54, 1.807) is 13.8 Å². The molecule has 0 unspecified atom stereocenters. The first-order chi connectivity index (χ1) is 7.77. The largest absolute Gasteiger partial charge is 0.466 e. The Morgan fingerprint density at radius 1 is 1.24 bits per heavy atom. The fraction of sp³-hybridized carbons (Fsp3) is 0.917. The van der Waals surface area contributed by atoms with E-state index < -0.39 is 11.6 Å². The van der Waals surface area contributed by atoms with Crippen LogP contribution >= 0.6 is 0 Å². The van der Waals surface area contributed by atoms with Crippen molar-refractivity contribution in [3.63, 3.8) is 0 Å². The molecule has 1 fully saturated rings. The number of esters is 1. The molecule has 1 aliphatic rings. The monoisotopic (exact) mass is 256 g/mol. The summed E-state index contributed by atoms with van der Waals surface area (Å²) in [6.45, 7) is 9.32. The molecule has 0 aromatic heterocycles. The van der Waals surface area contributed by atoms with Gasteiger partial charge >= 0.3 is 12.1 Å². The van der Waals surface area contributed by atoms with Gasteiger partial charge in [0.05, 0.1) is 12.0 Å². The van der Waals surface area contributed by atoms with E-state index in [0.29, 0.717) is 25.9 Å². The van der Waals surface area contributed by atoms with Crippen LogP contribution in [0.5, 0.6) is 0 Å². The van der Waals surface area contributed by atoms with Crippen molar-refractivity contribution in [1.82, 2.24) is 0 Å². The molecule has 1 aliphatic carbocycles. The Kier molecular flexibility index (Phi) is 9.16. The van der Waals surface area contributed by atoms with E-state index in [4.69, 9.17) is 0 Å². The molecular weight excluding hydrogens is 233 g/mol. The smallest absolute Gasteiger partial charge is 0.394 e. The van der Waals surface area contributed by atoms with Gasteiger partial charge in [-0.2, -0.15) is 13.2 Å². The first-order valence-electron chi connectivity index (χ1n) is 5.99. The van der Waals surface area contributed by atoms with Crippen LogP contribution in [0.2, 0.25) is 0 Å². The maximum Gasteiger partial charge on any atom is 0.394 e. The minimum absolute atomic E-state index is 0.123. The molecule has 0 atom stereocenters. The normalized spacial score (nSPS) is 15.8. The SMILES string of the molecule is CC.CC1(C(F)(F)F)CC1.CCOC(=O)CC. The third-order valence-electron chi connectivity index (χ3n) is 2.28. The van der Waals surface area contributed by atoms with Crippen LogP contribution in [0.15, 0.2) is 0 Å². The molecule has 1 saturated carbocycles. The van der Waals surface area contributed by atoms with Crippen molar-refractivity contribution < 1.29 is 22.7 Å². The minimum atomic E-state index is -3.95. The summed E-state index contributed by atoms with van der Waals surface area (Å²) in [7, 11) is 0. The fourth-order valence-corrected chi connectivity index (χ4v) is 0.734. The van der Waals surface area contributed by atoms with Crippen molar-refractivity contribution in [3.05, 3.63) is 0 Å². The first kappa shape index (κ1) is 18.6. The number of ether oxygens (including phenoxy) is 1. The van der Waals surface area contributed by atoms with E-state index in [2.05, 4.69) is 4.74 Å². The Bertz CT molecular complexity index is 205. The van der Waals surface area contributed by atoms with Gasteiger partial charge in [0.2, 0.25) is 0 Å². The summed E-state index contributed by atoms with van der Waals surface area (Å²) in [5.74, 6) is -0.123. The molecule has 1 rings (SSSR count). The molecule has 0 spiro atoms. The second-order valence-corrected chi connectivity index (χ2v) is 3.72. The Hall–Kier alpha value is -0.740. The lowest BCUT2D eigenvalue weighted by atomic mass is 10.1. The Morgan fingerprint density at radius 3 is 1.71 bits per heavy atom. The summed E-state index contributed by atoms with van der Waals surface area (Å²) in [5, 5.41) is 0. The lowest BCUT2D eigenvalue weighted by molar-refractivity contribution is -0.181. The molecule has 2 nitrogen and oxygen atoms in total.